The van der Waals surface area contributed by atoms with E-state index < -0.39 is 30.4 Å². The lowest BCUT2D eigenvalue weighted by Crippen LogP contribution is -2.52. The summed E-state index contributed by atoms with van der Waals surface area (Å²) < 4.78 is 52.4. The zero-order chi connectivity index (χ0) is 26.2. The second-order valence-corrected chi connectivity index (χ2v) is 7.68. The lowest BCUT2D eigenvalue weighted by atomic mass is 10.1. The molecule has 1 aromatic heterocycles. The molecule has 0 radical (unpaired) electrons. The van der Waals surface area contributed by atoms with Gasteiger partial charge in [0.15, 0.2) is 0 Å². The van der Waals surface area contributed by atoms with Crippen LogP contribution in [-0.4, -0.2) is 65.3 Å². The minimum atomic E-state index is -4.82. The van der Waals surface area contributed by atoms with Gasteiger partial charge in [0.1, 0.15) is 12.4 Å². The number of carbonyl (C=O) groups excluding carboxylic acids is 1. The van der Waals surface area contributed by atoms with Crippen LogP contribution >= 0.6 is 0 Å². The van der Waals surface area contributed by atoms with E-state index in [1.807, 2.05) is 13.8 Å². The number of carbonyl (C=O) groups is 1. The summed E-state index contributed by atoms with van der Waals surface area (Å²) in [6, 6.07) is 13.2. The maximum Gasteiger partial charge on any atom is 0.573 e. The monoisotopic (exact) mass is 508 g/mol. The molecular weight excluding hydrogens is 481 g/mol. The molecule has 0 saturated carbocycles. The van der Waals surface area contributed by atoms with E-state index in [1.54, 1.807) is 30.3 Å². The Kier molecular flexibility index (Phi) is 9.02. The summed E-state index contributed by atoms with van der Waals surface area (Å²) in [5.41, 5.74) is -1.21. The SMILES string of the molecule is CCN(CC)CCO[C@](CO)(NC(=O)c1ccccc1)c1nc(-c2ccc(OC(F)(F)F)cc2)no1. The highest BCUT2D eigenvalue weighted by molar-refractivity contribution is 5.94. The lowest BCUT2D eigenvalue weighted by molar-refractivity contribution is -0.274. The summed E-state index contributed by atoms with van der Waals surface area (Å²) >= 11 is 0. The number of aliphatic hydroxyl groups is 1. The predicted octanol–water partition coefficient (Wildman–Crippen LogP) is 3.57. The van der Waals surface area contributed by atoms with E-state index in [0.29, 0.717) is 17.7 Å². The topological polar surface area (TPSA) is 110 Å². The number of ether oxygens (including phenoxy) is 2. The molecule has 194 valence electrons. The van der Waals surface area contributed by atoms with E-state index in [4.69, 9.17) is 9.26 Å². The van der Waals surface area contributed by atoms with Crippen LogP contribution in [0.5, 0.6) is 5.75 Å². The molecule has 1 heterocycles. The molecule has 2 N–H and O–H groups in total. The van der Waals surface area contributed by atoms with E-state index in [2.05, 4.69) is 25.1 Å². The van der Waals surface area contributed by atoms with Crippen LogP contribution < -0.4 is 10.1 Å². The number of nitrogens with one attached hydrogen (secondary N) is 1. The summed E-state index contributed by atoms with van der Waals surface area (Å²) in [7, 11) is 0. The van der Waals surface area contributed by atoms with Crippen LogP contribution in [0.3, 0.4) is 0 Å². The van der Waals surface area contributed by atoms with Gasteiger partial charge in [0.05, 0.1) is 6.61 Å². The van der Waals surface area contributed by atoms with Crippen molar-refractivity contribution in [1.29, 1.82) is 0 Å². The molecule has 2 aromatic carbocycles. The Labute approximate surface area is 205 Å². The second-order valence-electron chi connectivity index (χ2n) is 7.68. The maximum atomic E-state index is 12.9. The Hall–Kier alpha value is -3.48. The number of amides is 1. The average Bonchev–Trinajstić information content (AvgIpc) is 3.37. The Morgan fingerprint density at radius 1 is 1.08 bits per heavy atom. The van der Waals surface area contributed by atoms with Crippen molar-refractivity contribution in [2.75, 3.05) is 32.8 Å². The summed E-state index contributed by atoms with van der Waals surface area (Å²) in [6.07, 6.45) is -4.82. The molecule has 9 nitrogen and oxygen atoms in total. The van der Waals surface area contributed by atoms with Crippen molar-refractivity contribution in [3.05, 3.63) is 66.1 Å². The highest BCUT2D eigenvalue weighted by Crippen LogP contribution is 2.28. The number of aliphatic hydroxyl groups excluding tert-OH is 1. The molecule has 0 aliphatic heterocycles. The molecule has 0 spiro atoms. The first-order valence-corrected chi connectivity index (χ1v) is 11.2. The van der Waals surface area contributed by atoms with Crippen LogP contribution in [-0.2, 0) is 10.5 Å². The van der Waals surface area contributed by atoms with E-state index in [-0.39, 0.29) is 18.3 Å². The fourth-order valence-corrected chi connectivity index (χ4v) is 3.35. The van der Waals surface area contributed by atoms with E-state index in [1.165, 1.54) is 12.1 Å². The van der Waals surface area contributed by atoms with Crippen LogP contribution in [0.4, 0.5) is 13.2 Å². The summed E-state index contributed by atoms with van der Waals surface area (Å²) in [5.74, 6) is -1.16. The largest absolute Gasteiger partial charge is 0.573 e. The van der Waals surface area contributed by atoms with E-state index >= 15 is 0 Å². The van der Waals surface area contributed by atoms with Gasteiger partial charge in [-0.15, -0.1) is 13.2 Å². The Morgan fingerprint density at radius 3 is 2.33 bits per heavy atom. The third-order valence-corrected chi connectivity index (χ3v) is 5.34. The van der Waals surface area contributed by atoms with Gasteiger partial charge in [-0.1, -0.05) is 37.2 Å². The first-order valence-electron chi connectivity index (χ1n) is 11.2. The maximum absolute atomic E-state index is 12.9. The van der Waals surface area contributed by atoms with Crippen molar-refractivity contribution in [2.45, 2.75) is 25.9 Å². The molecule has 12 heteroatoms. The molecule has 0 fully saturated rings. The smallest absolute Gasteiger partial charge is 0.406 e. The number of rotatable bonds is 12. The Balaban J connectivity index is 1.87. The van der Waals surface area contributed by atoms with Crippen LogP contribution in [0.2, 0.25) is 0 Å². The summed E-state index contributed by atoms with van der Waals surface area (Å²) in [5, 5.41) is 16.8. The Morgan fingerprint density at radius 2 is 1.75 bits per heavy atom. The molecule has 0 bridgehead atoms. The van der Waals surface area contributed by atoms with Crippen molar-refractivity contribution in [3.8, 4) is 17.1 Å². The number of halogens is 3. The molecule has 0 unspecified atom stereocenters. The minimum Gasteiger partial charge on any atom is -0.406 e. The second kappa shape index (κ2) is 12.0. The highest BCUT2D eigenvalue weighted by Gasteiger charge is 2.41. The predicted molar refractivity (Wildman–Crippen MR) is 123 cm³/mol. The zero-order valence-corrected chi connectivity index (χ0v) is 19.8. The van der Waals surface area contributed by atoms with Gasteiger partial charge in [-0.3, -0.25) is 4.79 Å². The molecule has 36 heavy (non-hydrogen) atoms. The van der Waals surface area contributed by atoms with Crippen LogP contribution in [0.25, 0.3) is 11.4 Å². The molecule has 1 atom stereocenters. The van der Waals surface area contributed by atoms with E-state index in [9.17, 15) is 23.1 Å². The standard InChI is InChI=1S/C24H27F3N4O5/c1-3-31(4-2)14-15-34-23(16-32,29-21(33)18-8-6-5-7-9-18)22-28-20(30-36-22)17-10-12-19(13-11-17)35-24(25,26)27/h5-13,32H,3-4,14-16H2,1-2H3,(H,29,33)/t23-/m0/s1. The molecule has 3 aromatic rings. The average molecular weight is 508 g/mol. The third-order valence-electron chi connectivity index (χ3n) is 5.34. The van der Waals surface area contributed by atoms with Gasteiger partial charge in [0, 0.05) is 17.7 Å². The number of hydrogen-bond acceptors (Lipinski definition) is 8. The van der Waals surface area contributed by atoms with Gasteiger partial charge < -0.3 is 29.3 Å². The van der Waals surface area contributed by atoms with Gasteiger partial charge in [-0.2, -0.15) is 4.98 Å². The van der Waals surface area contributed by atoms with Gasteiger partial charge in [-0.25, -0.2) is 0 Å². The number of alkyl halides is 3. The van der Waals surface area contributed by atoms with Crippen molar-refractivity contribution in [1.82, 2.24) is 20.4 Å². The molecular formula is C24H27F3N4O5. The summed E-state index contributed by atoms with van der Waals surface area (Å²) in [4.78, 5) is 19.3. The first-order chi connectivity index (χ1) is 17.2. The fraction of sp³-hybridized carbons (Fsp3) is 0.375. The minimum absolute atomic E-state index is 0.0164. The van der Waals surface area contributed by atoms with Crippen molar-refractivity contribution < 1.29 is 37.1 Å². The van der Waals surface area contributed by atoms with Gasteiger partial charge in [0.25, 0.3) is 11.8 Å². The van der Waals surface area contributed by atoms with Gasteiger partial charge >= 0.3 is 6.36 Å². The van der Waals surface area contributed by atoms with Crippen LogP contribution in [0.15, 0.2) is 59.1 Å². The highest BCUT2D eigenvalue weighted by atomic mass is 19.4. The zero-order valence-electron chi connectivity index (χ0n) is 19.8. The van der Waals surface area contributed by atoms with Crippen molar-refractivity contribution >= 4 is 5.91 Å². The number of aromatic nitrogens is 2. The Bertz CT molecular complexity index is 1100. The molecule has 1 amide bonds. The summed E-state index contributed by atoms with van der Waals surface area (Å²) in [6.45, 7) is 5.47. The number of likely N-dealkylation sites (N-methyl/N-ethyl adjacent to an activating group) is 1. The van der Waals surface area contributed by atoms with Gasteiger partial charge in [0.2, 0.25) is 11.5 Å². The number of hydrogen-bond donors (Lipinski definition) is 2. The molecule has 3 rings (SSSR count). The lowest BCUT2D eigenvalue weighted by Gasteiger charge is -2.30. The van der Waals surface area contributed by atoms with Crippen molar-refractivity contribution in [3.63, 3.8) is 0 Å². The van der Waals surface area contributed by atoms with Crippen LogP contribution in [0.1, 0.15) is 30.1 Å². The van der Waals surface area contributed by atoms with E-state index in [0.717, 1.165) is 25.2 Å². The molecule has 0 saturated heterocycles. The number of nitrogens with zero attached hydrogens (tertiary/aromatic N) is 3. The number of benzene rings is 2. The molecule has 0 aliphatic carbocycles. The van der Waals surface area contributed by atoms with Crippen LogP contribution in [0, 0.1) is 0 Å². The fourth-order valence-electron chi connectivity index (χ4n) is 3.35. The normalized spacial score (nSPS) is 13.4. The quantitative estimate of drug-likeness (QED) is 0.358. The third kappa shape index (κ3) is 7.03. The first kappa shape index (κ1) is 27.1. The molecule has 0 aliphatic rings. The van der Waals surface area contributed by atoms with Crippen molar-refractivity contribution in [2.24, 2.45) is 0 Å². The van der Waals surface area contributed by atoms with Gasteiger partial charge in [-0.05, 0) is 49.5 Å².